The van der Waals surface area contributed by atoms with Crippen molar-refractivity contribution in [3.8, 4) is 18.1 Å². The van der Waals surface area contributed by atoms with Gasteiger partial charge in [0.15, 0.2) is 0 Å². The largest absolute Gasteiger partial charge is 0.470 e. The van der Waals surface area contributed by atoms with Gasteiger partial charge in [-0.25, -0.2) is 4.98 Å². The zero-order valence-corrected chi connectivity index (χ0v) is 17.8. The van der Waals surface area contributed by atoms with E-state index in [-0.39, 0.29) is 5.91 Å². The maximum absolute atomic E-state index is 12.8. The molecule has 28 heavy (non-hydrogen) atoms. The minimum atomic E-state index is -0.693. The quantitative estimate of drug-likeness (QED) is 0.489. The van der Waals surface area contributed by atoms with E-state index in [1.165, 1.54) is 23.1 Å². The molecule has 2 aromatic heterocycles. The Morgan fingerprint density at radius 3 is 2.82 bits per heavy atom. The summed E-state index contributed by atoms with van der Waals surface area (Å²) in [6.45, 7) is 5.80. The molecule has 0 saturated heterocycles. The summed E-state index contributed by atoms with van der Waals surface area (Å²) >= 11 is 2.86. The smallest absolute Gasteiger partial charge is 0.272 e. The summed E-state index contributed by atoms with van der Waals surface area (Å²) in [6.07, 6.45) is 8.94. The van der Waals surface area contributed by atoms with E-state index in [9.17, 15) is 4.79 Å². The van der Waals surface area contributed by atoms with Crippen molar-refractivity contribution in [2.75, 3.05) is 6.26 Å². The van der Waals surface area contributed by atoms with Crippen LogP contribution >= 0.6 is 23.1 Å². The Bertz CT molecular complexity index is 1050. The number of pyridine rings is 1. The predicted molar refractivity (Wildman–Crippen MR) is 116 cm³/mol. The molecule has 0 aliphatic rings. The van der Waals surface area contributed by atoms with Gasteiger partial charge in [0.2, 0.25) is 5.44 Å². The average Bonchev–Trinajstić information content (AvgIpc) is 3.12. The molecule has 1 unspecified atom stereocenters. The number of fused-ring (bicyclic) bond motifs is 1. The van der Waals surface area contributed by atoms with Crippen LogP contribution in [0.2, 0.25) is 0 Å². The molecule has 0 bridgehead atoms. The molecule has 1 atom stereocenters. The van der Waals surface area contributed by atoms with Crippen molar-refractivity contribution in [2.45, 2.75) is 31.7 Å². The second-order valence-corrected chi connectivity index (χ2v) is 8.57. The van der Waals surface area contributed by atoms with Gasteiger partial charge in [0.25, 0.3) is 5.91 Å². The minimum absolute atomic E-state index is 0.207. The van der Waals surface area contributed by atoms with Gasteiger partial charge >= 0.3 is 0 Å². The number of thioether (sulfide) groups is 1. The third-order valence-corrected chi connectivity index (χ3v) is 6.10. The van der Waals surface area contributed by atoms with Gasteiger partial charge in [-0.1, -0.05) is 5.92 Å². The molecule has 0 fully saturated rings. The summed E-state index contributed by atoms with van der Waals surface area (Å²) in [6, 6.07) is 7.37. The molecule has 1 N–H and O–H groups in total. The normalized spacial score (nSPS) is 12.4. The van der Waals surface area contributed by atoms with Gasteiger partial charge in [-0.2, -0.15) is 0 Å². The fourth-order valence-electron chi connectivity index (χ4n) is 2.66. The van der Waals surface area contributed by atoms with E-state index in [0.29, 0.717) is 11.3 Å². The average molecular weight is 412 g/mol. The van der Waals surface area contributed by atoms with Crippen molar-refractivity contribution in [3.63, 3.8) is 0 Å². The van der Waals surface area contributed by atoms with E-state index in [1.807, 2.05) is 50.6 Å². The molecule has 144 valence electrons. The van der Waals surface area contributed by atoms with Crippen LogP contribution in [0.15, 0.2) is 35.8 Å². The number of nitrogens with one attached hydrogen (secondary N) is 1. The van der Waals surface area contributed by atoms with Crippen molar-refractivity contribution in [3.05, 3.63) is 52.1 Å². The number of hydrogen-bond acceptors (Lipinski definition) is 6. The first-order valence-electron chi connectivity index (χ1n) is 8.63. The number of nitrogens with zero attached hydrogens (tertiary/aromatic N) is 2. The third kappa shape index (κ3) is 4.46. The van der Waals surface area contributed by atoms with Gasteiger partial charge in [-0.15, -0.1) is 29.5 Å². The standard InChI is InChI=1S/C21H21N3O2S2/c1-6-14-9-15-10-16(7-8-17(15)22-11-14)26-19(27-5)18(25)24-21(3,4)20-23-13(2)12-28-20/h1,7-12,19H,2-5H3,(H,24,25). The summed E-state index contributed by atoms with van der Waals surface area (Å²) < 4.78 is 5.95. The molecule has 2 heterocycles. The number of ether oxygens (including phenoxy) is 1. The molecule has 0 saturated carbocycles. The van der Waals surface area contributed by atoms with Crippen LogP contribution in [-0.4, -0.2) is 27.6 Å². The van der Waals surface area contributed by atoms with Crippen molar-refractivity contribution in [1.82, 2.24) is 15.3 Å². The fourth-order valence-corrected chi connectivity index (χ4v) is 4.01. The molecule has 3 rings (SSSR count). The van der Waals surface area contributed by atoms with Crippen LogP contribution in [0.25, 0.3) is 10.9 Å². The second-order valence-electron chi connectivity index (χ2n) is 6.82. The number of aryl methyl sites for hydroxylation is 1. The summed E-state index contributed by atoms with van der Waals surface area (Å²) in [5.41, 5.74) is 1.18. The highest BCUT2D eigenvalue weighted by Gasteiger charge is 2.30. The lowest BCUT2D eigenvalue weighted by molar-refractivity contribution is -0.126. The zero-order valence-electron chi connectivity index (χ0n) is 16.1. The first-order valence-corrected chi connectivity index (χ1v) is 10.8. The molecule has 5 nitrogen and oxygen atoms in total. The van der Waals surface area contributed by atoms with E-state index in [2.05, 4.69) is 21.2 Å². The number of amides is 1. The number of aromatic nitrogens is 2. The summed E-state index contributed by atoms with van der Waals surface area (Å²) in [5.74, 6) is 2.95. The Kier molecular flexibility index (Phi) is 5.92. The maximum Gasteiger partial charge on any atom is 0.272 e. The number of carbonyl (C=O) groups excluding carboxylic acids is 1. The predicted octanol–water partition coefficient (Wildman–Crippen LogP) is 4.10. The maximum atomic E-state index is 12.8. The fraction of sp³-hybridized carbons (Fsp3) is 0.286. The van der Waals surface area contributed by atoms with Crippen LogP contribution in [0.1, 0.15) is 30.1 Å². The molecule has 0 aliphatic carbocycles. The van der Waals surface area contributed by atoms with Crippen LogP contribution < -0.4 is 10.1 Å². The minimum Gasteiger partial charge on any atom is -0.470 e. The van der Waals surface area contributed by atoms with E-state index >= 15 is 0 Å². The van der Waals surface area contributed by atoms with Crippen LogP contribution in [0.4, 0.5) is 0 Å². The highest BCUT2D eigenvalue weighted by atomic mass is 32.2. The monoisotopic (exact) mass is 411 g/mol. The van der Waals surface area contributed by atoms with E-state index < -0.39 is 11.0 Å². The Labute approximate surface area is 172 Å². The number of thiazole rings is 1. The molecular formula is C21H21N3O2S2. The van der Waals surface area contributed by atoms with Crippen molar-refractivity contribution >= 4 is 39.9 Å². The van der Waals surface area contributed by atoms with Crippen molar-refractivity contribution in [1.29, 1.82) is 0 Å². The Hall–Kier alpha value is -2.56. The Balaban J connectivity index is 1.77. The van der Waals surface area contributed by atoms with Crippen LogP contribution in [0, 0.1) is 19.3 Å². The van der Waals surface area contributed by atoms with Crippen LogP contribution in [-0.2, 0) is 10.3 Å². The van der Waals surface area contributed by atoms with Gasteiger partial charge in [0, 0.05) is 28.2 Å². The first-order chi connectivity index (χ1) is 13.3. The summed E-state index contributed by atoms with van der Waals surface area (Å²) in [4.78, 5) is 21.6. The van der Waals surface area contributed by atoms with Gasteiger partial charge < -0.3 is 10.1 Å². The number of terminal acetylenes is 1. The summed E-state index contributed by atoms with van der Waals surface area (Å²) in [7, 11) is 0. The van der Waals surface area contributed by atoms with Gasteiger partial charge in [0.1, 0.15) is 10.8 Å². The zero-order chi connectivity index (χ0) is 20.3. The van der Waals surface area contributed by atoms with Crippen molar-refractivity contribution < 1.29 is 9.53 Å². The summed E-state index contributed by atoms with van der Waals surface area (Å²) in [5, 5.41) is 6.73. The SMILES string of the molecule is C#Cc1cnc2ccc(OC(SC)C(=O)NC(C)(C)c3nc(C)cs3)cc2c1. The topological polar surface area (TPSA) is 64.1 Å². The van der Waals surface area contributed by atoms with E-state index in [1.54, 1.807) is 12.3 Å². The number of benzene rings is 1. The molecule has 1 aromatic carbocycles. The van der Waals surface area contributed by atoms with Gasteiger partial charge in [0.05, 0.1) is 11.1 Å². The highest BCUT2D eigenvalue weighted by Crippen LogP contribution is 2.26. The number of carbonyl (C=O) groups is 1. The molecule has 1 amide bonds. The van der Waals surface area contributed by atoms with E-state index in [4.69, 9.17) is 11.2 Å². The second kappa shape index (κ2) is 8.21. The third-order valence-electron chi connectivity index (χ3n) is 4.08. The molecule has 0 aliphatic heterocycles. The number of hydrogen-bond donors (Lipinski definition) is 1. The molecule has 0 spiro atoms. The van der Waals surface area contributed by atoms with Crippen LogP contribution in [0.3, 0.4) is 0 Å². The lowest BCUT2D eigenvalue weighted by atomic mass is 10.1. The van der Waals surface area contributed by atoms with E-state index in [0.717, 1.165) is 21.6 Å². The van der Waals surface area contributed by atoms with Crippen molar-refractivity contribution in [2.24, 2.45) is 0 Å². The van der Waals surface area contributed by atoms with Gasteiger partial charge in [-0.3, -0.25) is 9.78 Å². The molecule has 7 heteroatoms. The van der Waals surface area contributed by atoms with Crippen LogP contribution in [0.5, 0.6) is 5.75 Å². The molecular weight excluding hydrogens is 390 g/mol. The first kappa shape index (κ1) is 20.2. The highest BCUT2D eigenvalue weighted by molar-refractivity contribution is 7.99. The van der Waals surface area contributed by atoms with Gasteiger partial charge in [-0.05, 0) is 51.3 Å². The Morgan fingerprint density at radius 1 is 1.39 bits per heavy atom. The lowest BCUT2D eigenvalue weighted by Crippen LogP contribution is -2.46. The number of rotatable bonds is 6. The molecule has 3 aromatic rings. The lowest BCUT2D eigenvalue weighted by Gasteiger charge is -2.26. The Morgan fingerprint density at radius 2 is 2.18 bits per heavy atom. The molecule has 0 radical (unpaired) electrons.